The van der Waals surface area contributed by atoms with Gasteiger partial charge in [-0.3, -0.25) is 9.69 Å². The van der Waals surface area contributed by atoms with Gasteiger partial charge in [-0.05, 0) is 20.3 Å². The fraction of sp³-hybridized carbons (Fsp3) is 0.800. The van der Waals surface area contributed by atoms with E-state index in [0.29, 0.717) is 19.8 Å². The summed E-state index contributed by atoms with van der Waals surface area (Å²) in [5.41, 5.74) is 0. The van der Waals surface area contributed by atoms with E-state index in [-0.39, 0.29) is 6.54 Å². The van der Waals surface area contributed by atoms with E-state index >= 15 is 0 Å². The summed E-state index contributed by atoms with van der Waals surface area (Å²) in [6.45, 7) is 6.47. The van der Waals surface area contributed by atoms with Crippen LogP contribution in [0.4, 0.5) is 4.79 Å². The summed E-state index contributed by atoms with van der Waals surface area (Å²) in [5.74, 6) is -0.404. The second-order valence-electron chi connectivity index (χ2n) is 2.93. The van der Waals surface area contributed by atoms with Crippen molar-refractivity contribution in [2.24, 2.45) is 0 Å². The molecule has 5 heteroatoms. The van der Waals surface area contributed by atoms with Crippen molar-refractivity contribution in [3.8, 4) is 0 Å². The van der Waals surface area contributed by atoms with Gasteiger partial charge < -0.3 is 9.47 Å². The topological polar surface area (TPSA) is 55.8 Å². The van der Waals surface area contributed by atoms with E-state index in [1.807, 2.05) is 6.92 Å². The first-order chi connectivity index (χ1) is 7.15. The van der Waals surface area contributed by atoms with Gasteiger partial charge in [0, 0.05) is 6.54 Å². The first-order valence-corrected chi connectivity index (χ1v) is 5.22. The Labute approximate surface area is 90.3 Å². The minimum atomic E-state index is -0.465. The van der Waals surface area contributed by atoms with Crippen LogP contribution in [0.2, 0.25) is 0 Å². The highest BCUT2D eigenvalue weighted by molar-refractivity contribution is 5.78. The Morgan fingerprint density at radius 3 is 2.13 bits per heavy atom. The van der Waals surface area contributed by atoms with E-state index in [4.69, 9.17) is 9.47 Å². The lowest BCUT2D eigenvalue weighted by Crippen LogP contribution is -2.37. The molecule has 0 heterocycles. The van der Waals surface area contributed by atoms with Crippen molar-refractivity contribution in [1.82, 2.24) is 4.90 Å². The molecule has 0 fully saturated rings. The Hall–Kier alpha value is -1.26. The van der Waals surface area contributed by atoms with Gasteiger partial charge in [0.1, 0.15) is 6.54 Å². The minimum Gasteiger partial charge on any atom is -0.465 e. The molecule has 0 aliphatic heterocycles. The van der Waals surface area contributed by atoms with Gasteiger partial charge in [-0.2, -0.15) is 0 Å². The van der Waals surface area contributed by atoms with Gasteiger partial charge in [0.05, 0.1) is 13.2 Å². The Kier molecular flexibility index (Phi) is 7.40. The fourth-order valence-electron chi connectivity index (χ4n) is 1.08. The predicted molar refractivity (Wildman–Crippen MR) is 55.5 cm³/mol. The molecular weight excluding hydrogens is 198 g/mol. The molecule has 0 aliphatic carbocycles. The number of nitrogens with zero attached hydrogens (tertiary/aromatic N) is 1. The summed E-state index contributed by atoms with van der Waals surface area (Å²) in [5, 5.41) is 0. The summed E-state index contributed by atoms with van der Waals surface area (Å²) in [6.07, 6.45) is 0.311. The van der Waals surface area contributed by atoms with Crippen LogP contribution in [0.15, 0.2) is 0 Å². The molecule has 0 rings (SSSR count). The largest absolute Gasteiger partial charge is 0.465 e. The third-order valence-corrected chi connectivity index (χ3v) is 1.64. The molecule has 0 N–H and O–H groups in total. The average Bonchev–Trinajstić information content (AvgIpc) is 2.18. The van der Waals surface area contributed by atoms with E-state index in [9.17, 15) is 9.59 Å². The number of esters is 1. The van der Waals surface area contributed by atoms with E-state index in [2.05, 4.69) is 0 Å². The molecule has 0 radical (unpaired) electrons. The normalized spacial score (nSPS) is 9.53. The first-order valence-electron chi connectivity index (χ1n) is 5.22. The highest BCUT2D eigenvalue weighted by Crippen LogP contribution is 1.97. The van der Waals surface area contributed by atoms with Gasteiger partial charge >= 0.3 is 12.1 Å². The molecule has 0 saturated carbocycles. The van der Waals surface area contributed by atoms with Crippen molar-refractivity contribution in [2.45, 2.75) is 27.2 Å². The minimum absolute atomic E-state index is 0.0412. The summed E-state index contributed by atoms with van der Waals surface area (Å²) in [6, 6.07) is 0. The second kappa shape index (κ2) is 8.08. The highest BCUT2D eigenvalue weighted by atomic mass is 16.6. The molecule has 0 aromatic heterocycles. The monoisotopic (exact) mass is 217 g/mol. The highest BCUT2D eigenvalue weighted by Gasteiger charge is 2.17. The van der Waals surface area contributed by atoms with E-state index in [1.54, 1.807) is 13.8 Å². The van der Waals surface area contributed by atoms with Crippen LogP contribution in [0.5, 0.6) is 0 Å². The molecule has 0 unspecified atom stereocenters. The Morgan fingerprint density at radius 1 is 1.07 bits per heavy atom. The van der Waals surface area contributed by atoms with Gasteiger partial charge in [-0.25, -0.2) is 4.79 Å². The number of carbonyl (C=O) groups is 2. The van der Waals surface area contributed by atoms with Crippen molar-refractivity contribution >= 4 is 12.1 Å². The maximum Gasteiger partial charge on any atom is 0.410 e. The molecule has 15 heavy (non-hydrogen) atoms. The molecule has 0 aliphatic rings. The summed E-state index contributed by atoms with van der Waals surface area (Å²) in [7, 11) is 0. The number of carbonyl (C=O) groups excluding carboxylic acids is 2. The van der Waals surface area contributed by atoms with Gasteiger partial charge in [0.2, 0.25) is 0 Å². The van der Waals surface area contributed by atoms with E-state index in [1.165, 1.54) is 4.90 Å². The summed E-state index contributed by atoms with van der Waals surface area (Å²) in [4.78, 5) is 23.9. The van der Waals surface area contributed by atoms with Crippen molar-refractivity contribution in [3.05, 3.63) is 0 Å². The number of hydrogen-bond acceptors (Lipinski definition) is 4. The van der Waals surface area contributed by atoms with Crippen LogP contribution in [0.25, 0.3) is 0 Å². The number of amides is 1. The van der Waals surface area contributed by atoms with Gasteiger partial charge in [-0.1, -0.05) is 6.92 Å². The quantitative estimate of drug-likeness (QED) is 0.631. The van der Waals surface area contributed by atoms with Crippen LogP contribution in [0.1, 0.15) is 27.2 Å². The molecule has 0 saturated heterocycles. The van der Waals surface area contributed by atoms with Crippen LogP contribution in [0.3, 0.4) is 0 Å². The molecule has 5 nitrogen and oxygen atoms in total. The zero-order valence-electron chi connectivity index (χ0n) is 9.62. The average molecular weight is 217 g/mol. The zero-order valence-corrected chi connectivity index (χ0v) is 9.62. The molecule has 0 atom stereocenters. The number of rotatable bonds is 6. The van der Waals surface area contributed by atoms with Crippen molar-refractivity contribution < 1.29 is 19.1 Å². The Morgan fingerprint density at radius 2 is 1.67 bits per heavy atom. The van der Waals surface area contributed by atoms with Crippen molar-refractivity contribution in [2.75, 3.05) is 26.3 Å². The lowest BCUT2D eigenvalue weighted by molar-refractivity contribution is -0.144. The van der Waals surface area contributed by atoms with E-state index in [0.717, 1.165) is 6.42 Å². The molecule has 0 bridgehead atoms. The van der Waals surface area contributed by atoms with Crippen LogP contribution in [-0.2, 0) is 14.3 Å². The molecule has 0 aromatic rings. The Bertz CT molecular complexity index is 206. The van der Waals surface area contributed by atoms with Crippen LogP contribution in [-0.4, -0.2) is 43.3 Å². The predicted octanol–water partition coefficient (Wildman–Crippen LogP) is 1.42. The van der Waals surface area contributed by atoms with Gasteiger partial charge in [0.15, 0.2) is 0 Å². The third-order valence-electron chi connectivity index (χ3n) is 1.64. The fourth-order valence-corrected chi connectivity index (χ4v) is 1.08. The molecule has 1 amide bonds. The van der Waals surface area contributed by atoms with Crippen LogP contribution in [0, 0.1) is 0 Å². The summed E-state index contributed by atoms with van der Waals surface area (Å²) >= 11 is 0. The van der Waals surface area contributed by atoms with Gasteiger partial charge in [-0.15, -0.1) is 0 Å². The summed E-state index contributed by atoms with van der Waals surface area (Å²) < 4.78 is 9.57. The Balaban J connectivity index is 4.13. The number of hydrogen-bond donors (Lipinski definition) is 0. The zero-order chi connectivity index (χ0) is 11.7. The maximum absolute atomic E-state index is 11.4. The molecule has 0 aromatic carbocycles. The van der Waals surface area contributed by atoms with Crippen LogP contribution < -0.4 is 0 Å². The lowest BCUT2D eigenvalue weighted by atomic mass is 10.4. The van der Waals surface area contributed by atoms with Crippen LogP contribution >= 0.6 is 0 Å². The molecule has 88 valence electrons. The van der Waals surface area contributed by atoms with Crippen molar-refractivity contribution in [3.63, 3.8) is 0 Å². The lowest BCUT2D eigenvalue weighted by Gasteiger charge is -2.19. The van der Waals surface area contributed by atoms with Gasteiger partial charge in [0.25, 0.3) is 0 Å². The second-order valence-corrected chi connectivity index (χ2v) is 2.93. The maximum atomic E-state index is 11.4. The smallest absolute Gasteiger partial charge is 0.410 e. The molecule has 0 spiro atoms. The van der Waals surface area contributed by atoms with Crippen molar-refractivity contribution in [1.29, 1.82) is 0 Å². The SMILES string of the molecule is CCCN(CC(=O)OCC)C(=O)OCC. The number of ether oxygens (including phenoxy) is 2. The molecular formula is C10H19NO4. The first kappa shape index (κ1) is 13.7. The standard InChI is InChI=1S/C10H19NO4/c1-4-7-11(10(13)15-6-3)8-9(12)14-5-2/h4-8H2,1-3H3. The third kappa shape index (κ3) is 5.93. The van der Waals surface area contributed by atoms with E-state index < -0.39 is 12.1 Å².